The van der Waals surface area contributed by atoms with Crippen LogP contribution in [0, 0.1) is 10.1 Å². The van der Waals surface area contributed by atoms with Crippen LogP contribution in [0.2, 0.25) is 10.0 Å². The lowest BCUT2D eigenvalue weighted by Crippen LogP contribution is -2.38. The van der Waals surface area contributed by atoms with Crippen LogP contribution in [0.15, 0.2) is 60.7 Å². The average Bonchev–Trinajstić information content (AvgIpc) is 2.70. The summed E-state index contributed by atoms with van der Waals surface area (Å²) in [5.74, 6) is -0.445. The Kier molecular flexibility index (Phi) is 5.87. The quantitative estimate of drug-likeness (QED) is 0.365. The maximum Gasteiger partial charge on any atom is 0.272 e. The van der Waals surface area contributed by atoms with Gasteiger partial charge in [-0.1, -0.05) is 47.5 Å². The molecule has 7 nitrogen and oxygen atoms in total. The molecule has 3 aromatic carbocycles. The first kappa shape index (κ1) is 21.4. The smallest absolute Gasteiger partial charge is 0.272 e. The van der Waals surface area contributed by atoms with Crippen LogP contribution in [0.25, 0.3) is 0 Å². The summed E-state index contributed by atoms with van der Waals surface area (Å²) in [4.78, 5) is 23.8. The lowest BCUT2D eigenvalue weighted by atomic mass is 9.75. The van der Waals surface area contributed by atoms with E-state index in [1.165, 1.54) is 24.3 Å². The SMILES string of the molecule is CC(C(=O)Nc1c(Cl)cc([N+](=O)[O-])cc1Cl)(c1ccc(O)cc1)c1ccc(O)cc1. The molecular weight excluding hydrogens is 431 g/mol. The van der Waals surface area contributed by atoms with E-state index >= 15 is 0 Å². The van der Waals surface area contributed by atoms with Crippen molar-refractivity contribution in [1.29, 1.82) is 0 Å². The molecule has 0 heterocycles. The van der Waals surface area contributed by atoms with Crippen molar-refractivity contribution in [3.8, 4) is 11.5 Å². The molecule has 0 saturated carbocycles. The summed E-state index contributed by atoms with van der Waals surface area (Å²) >= 11 is 12.3. The van der Waals surface area contributed by atoms with Gasteiger partial charge in [-0.05, 0) is 42.3 Å². The van der Waals surface area contributed by atoms with Crippen LogP contribution in [0.3, 0.4) is 0 Å². The third-order valence-corrected chi connectivity index (χ3v) is 5.42. The number of nitro benzene ring substituents is 1. The van der Waals surface area contributed by atoms with Gasteiger partial charge in [-0.25, -0.2) is 0 Å². The third-order valence-electron chi connectivity index (χ3n) is 4.82. The van der Waals surface area contributed by atoms with Crippen molar-refractivity contribution in [2.45, 2.75) is 12.3 Å². The molecule has 3 N–H and O–H groups in total. The second-order valence-corrected chi connectivity index (χ2v) is 7.53. The molecule has 0 spiro atoms. The van der Waals surface area contributed by atoms with Crippen molar-refractivity contribution in [3.63, 3.8) is 0 Å². The van der Waals surface area contributed by atoms with E-state index in [-0.39, 0.29) is 32.9 Å². The molecule has 0 unspecified atom stereocenters. The highest BCUT2D eigenvalue weighted by Crippen LogP contribution is 2.39. The van der Waals surface area contributed by atoms with Gasteiger partial charge in [-0.15, -0.1) is 0 Å². The molecule has 0 aliphatic heterocycles. The number of nitrogens with one attached hydrogen (secondary N) is 1. The van der Waals surface area contributed by atoms with Crippen LogP contribution in [-0.2, 0) is 10.2 Å². The van der Waals surface area contributed by atoms with E-state index in [9.17, 15) is 25.1 Å². The average molecular weight is 447 g/mol. The highest BCUT2D eigenvalue weighted by Gasteiger charge is 2.38. The lowest BCUT2D eigenvalue weighted by molar-refractivity contribution is -0.384. The molecule has 3 aromatic rings. The summed E-state index contributed by atoms with van der Waals surface area (Å²) in [5, 5.41) is 32.7. The highest BCUT2D eigenvalue weighted by molar-refractivity contribution is 6.40. The van der Waals surface area contributed by atoms with Crippen molar-refractivity contribution in [3.05, 3.63) is 92.0 Å². The van der Waals surface area contributed by atoms with Gasteiger partial charge in [0.1, 0.15) is 11.5 Å². The van der Waals surface area contributed by atoms with Crippen LogP contribution in [-0.4, -0.2) is 21.0 Å². The maximum atomic E-state index is 13.4. The number of amides is 1. The van der Waals surface area contributed by atoms with Gasteiger partial charge in [0.2, 0.25) is 5.91 Å². The molecule has 0 bridgehead atoms. The Hall–Kier alpha value is -3.29. The fraction of sp³-hybridized carbons (Fsp3) is 0.0952. The first-order chi connectivity index (χ1) is 14.1. The second-order valence-electron chi connectivity index (χ2n) is 6.71. The zero-order chi connectivity index (χ0) is 22.1. The number of carbonyl (C=O) groups is 1. The predicted molar refractivity (Wildman–Crippen MR) is 114 cm³/mol. The number of carbonyl (C=O) groups excluding carboxylic acids is 1. The number of phenolic OH excluding ortho intramolecular Hbond substituents is 2. The number of hydrogen-bond donors (Lipinski definition) is 3. The van der Waals surface area contributed by atoms with Gasteiger partial charge < -0.3 is 15.5 Å². The summed E-state index contributed by atoms with van der Waals surface area (Å²) < 4.78 is 0. The van der Waals surface area contributed by atoms with Crippen molar-refractivity contribution in [2.75, 3.05) is 5.32 Å². The fourth-order valence-electron chi connectivity index (χ4n) is 3.04. The standard InChI is InChI=1S/C21H16Cl2N2O5/c1-21(12-2-6-15(26)7-3-12,13-4-8-16(27)9-5-13)20(28)24-19-17(22)10-14(25(29)30)11-18(19)23/h2-11,26-27H,1H3,(H,24,28). The molecule has 0 fully saturated rings. The van der Waals surface area contributed by atoms with E-state index < -0.39 is 16.2 Å². The Bertz CT molecular complexity index is 1050. The Balaban J connectivity index is 2.09. The number of hydrogen-bond acceptors (Lipinski definition) is 5. The Morgan fingerprint density at radius 2 is 1.33 bits per heavy atom. The van der Waals surface area contributed by atoms with Crippen LogP contribution in [0.5, 0.6) is 11.5 Å². The number of anilines is 1. The molecule has 1 amide bonds. The van der Waals surface area contributed by atoms with Gasteiger partial charge in [0.25, 0.3) is 5.69 Å². The maximum absolute atomic E-state index is 13.4. The summed E-state index contributed by atoms with van der Waals surface area (Å²) in [6.07, 6.45) is 0. The van der Waals surface area contributed by atoms with Gasteiger partial charge in [0.15, 0.2) is 0 Å². The molecule has 30 heavy (non-hydrogen) atoms. The van der Waals surface area contributed by atoms with Gasteiger partial charge >= 0.3 is 0 Å². The number of aromatic hydroxyl groups is 2. The number of halogens is 2. The zero-order valence-electron chi connectivity index (χ0n) is 15.6. The first-order valence-electron chi connectivity index (χ1n) is 8.67. The minimum Gasteiger partial charge on any atom is -0.508 e. The minimum atomic E-state index is -1.27. The van der Waals surface area contributed by atoms with Gasteiger partial charge in [0, 0.05) is 12.1 Å². The normalized spacial score (nSPS) is 11.2. The Morgan fingerprint density at radius 1 is 0.933 bits per heavy atom. The van der Waals surface area contributed by atoms with Gasteiger partial charge in [-0.2, -0.15) is 0 Å². The van der Waals surface area contributed by atoms with Crippen LogP contribution in [0.4, 0.5) is 11.4 Å². The van der Waals surface area contributed by atoms with Crippen LogP contribution in [0.1, 0.15) is 18.1 Å². The summed E-state index contributed by atoms with van der Waals surface area (Å²) in [7, 11) is 0. The van der Waals surface area contributed by atoms with E-state index in [2.05, 4.69) is 5.32 Å². The molecule has 0 aliphatic rings. The predicted octanol–water partition coefficient (Wildman–Crippen LogP) is 5.26. The number of nitro groups is 1. The van der Waals surface area contributed by atoms with E-state index in [0.29, 0.717) is 11.1 Å². The summed E-state index contributed by atoms with van der Waals surface area (Å²) in [6, 6.07) is 14.4. The molecule has 0 aliphatic carbocycles. The number of nitrogens with zero attached hydrogens (tertiary/aromatic N) is 1. The number of benzene rings is 3. The van der Waals surface area contributed by atoms with Crippen LogP contribution < -0.4 is 5.32 Å². The van der Waals surface area contributed by atoms with Crippen molar-refractivity contribution < 1.29 is 19.9 Å². The number of phenols is 2. The third kappa shape index (κ3) is 4.03. The zero-order valence-corrected chi connectivity index (χ0v) is 17.1. The highest BCUT2D eigenvalue weighted by atomic mass is 35.5. The second kappa shape index (κ2) is 8.22. The molecule has 0 atom stereocenters. The first-order valence-corrected chi connectivity index (χ1v) is 9.42. The topological polar surface area (TPSA) is 113 Å². The Morgan fingerprint density at radius 3 is 1.70 bits per heavy atom. The largest absolute Gasteiger partial charge is 0.508 e. The van der Waals surface area contributed by atoms with E-state index in [0.717, 1.165) is 12.1 Å². The van der Waals surface area contributed by atoms with Gasteiger partial charge in [0.05, 0.1) is 26.1 Å². The monoisotopic (exact) mass is 446 g/mol. The lowest BCUT2D eigenvalue weighted by Gasteiger charge is -2.30. The molecular formula is C21H16Cl2N2O5. The Labute approximate surface area is 181 Å². The molecule has 3 rings (SSSR count). The van der Waals surface area contributed by atoms with Crippen molar-refractivity contribution >= 4 is 40.5 Å². The van der Waals surface area contributed by atoms with E-state index in [4.69, 9.17) is 23.2 Å². The van der Waals surface area contributed by atoms with Gasteiger partial charge in [-0.3, -0.25) is 14.9 Å². The molecule has 0 radical (unpaired) electrons. The van der Waals surface area contributed by atoms with Crippen molar-refractivity contribution in [1.82, 2.24) is 0 Å². The van der Waals surface area contributed by atoms with Crippen molar-refractivity contribution in [2.24, 2.45) is 0 Å². The summed E-state index contributed by atoms with van der Waals surface area (Å²) in [5.41, 5.74) is -0.425. The number of rotatable bonds is 5. The van der Waals surface area contributed by atoms with Crippen LogP contribution >= 0.6 is 23.2 Å². The molecule has 154 valence electrons. The molecule has 9 heteroatoms. The van der Waals surface area contributed by atoms with E-state index in [1.807, 2.05) is 0 Å². The van der Waals surface area contributed by atoms with E-state index in [1.54, 1.807) is 31.2 Å². The summed E-state index contributed by atoms with van der Waals surface area (Å²) in [6.45, 7) is 1.66. The number of non-ortho nitro benzene ring substituents is 1. The fourth-order valence-corrected chi connectivity index (χ4v) is 3.61. The molecule has 0 saturated heterocycles. The minimum absolute atomic E-state index is 0.0358. The molecule has 0 aromatic heterocycles.